The highest BCUT2D eigenvalue weighted by atomic mass is 16.1. The lowest BCUT2D eigenvalue weighted by molar-refractivity contribution is -0.119. The molecule has 0 aromatic rings. The van der Waals surface area contributed by atoms with Crippen molar-refractivity contribution in [2.24, 2.45) is 11.3 Å². The molecule has 2 saturated carbocycles. The van der Waals surface area contributed by atoms with Crippen molar-refractivity contribution in [3.05, 3.63) is 11.6 Å². The van der Waals surface area contributed by atoms with Crippen LogP contribution in [0.25, 0.3) is 0 Å². The number of hydrogen-bond donors (Lipinski definition) is 0. The Kier molecular flexibility index (Phi) is 1.15. The first kappa shape index (κ1) is 6.88. The van der Waals surface area contributed by atoms with E-state index in [-0.39, 0.29) is 0 Å². The van der Waals surface area contributed by atoms with Gasteiger partial charge in [-0.25, -0.2) is 0 Å². The van der Waals surface area contributed by atoms with Gasteiger partial charge in [-0.3, -0.25) is 4.79 Å². The third-order valence-corrected chi connectivity index (χ3v) is 4.15. The summed E-state index contributed by atoms with van der Waals surface area (Å²) in [5.41, 5.74) is 1.91. The van der Waals surface area contributed by atoms with Crippen molar-refractivity contribution in [2.75, 3.05) is 0 Å². The zero-order valence-electron chi connectivity index (χ0n) is 7.31. The van der Waals surface area contributed by atoms with E-state index in [1.807, 2.05) is 6.08 Å². The van der Waals surface area contributed by atoms with E-state index in [9.17, 15) is 4.79 Å². The van der Waals surface area contributed by atoms with E-state index in [4.69, 9.17) is 0 Å². The molecule has 1 spiro atoms. The summed E-state index contributed by atoms with van der Waals surface area (Å²) in [6, 6.07) is 0. The van der Waals surface area contributed by atoms with E-state index in [0.717, 1.165) is 0 Å². The van der Waals surface area contributed by atoms with Gasteiger partial charge < -0.3 is 0 Å². The van der Waals surface area contributed by atoms with E-state index in [2.05, 4.69) is 0 Å². The number of carbonyl (C=O) groups excluding carboxylic acids is 1. The molecular weight excluding hydrogens is 148 g/mol. The monoisotopic (exact) mass is 162 g/mol. The number of rotatable bonds is 0. The molecule has 12 heavy (non-hydrogen) atoms. The normalized spacial score (nSPS) is 44.5. The molecule has 2 fully saturated rings. The molecule has 0 N–H and O–H groups in total. The number of hydrogen-bond acceptors (Lipinski definition) is 1. The van der Waals surface area contributed by atoms with Gasteiger partial charge in [0.2, 0.25) is 0 Å². The molecule has 0 saturated heterocycles. The predicted molar refractivity (Wildman–Crippen MR) is 46.7 cm³/mol. The molecule has 2 atom stereocenters. The number of allylic oxidation sites excluding steroid dienone is 2. The van der Waals surface area contributed by atoms with E-state index >= 15 is 0 Å². The topological polar surface area (TPSA) is 17.1 Å². The molecule has 0 aromatic heterocycles. The van der Waals surface area contributed by atoms with Gasteiger partial charge in [0.1, 0.15) is 0 Å². The predicted octanol–water partition coefficient (Wildman–Crippen LogP) is 2.47. The summed E-state index contributed by atoms with van der Waals surface area (Å²) in [5, 5.41) is 0. The Bertz CT molecular complexity index is 273. The van der Waals surface area contributed by atoms with Crippen LogP contribution in [0.3, 0.4) is 0 Å². The van der Waals surface area contributed by atoms with Crippen LogP contribution in [-0.2, 0) is 4.79 Å². The summed E-state index contributed by atoms with van der Waals surface area (Å²) in [5.74, 6) is 0.859. The van der Waals surface area contributed by atoms with Crippen molar-refractivity contribution in [2.45, 2.75) is 38.5 Å². The van der Waals surface area contributed by atoms with Crippen LogP contribution < -0.4 is 0 Å². The fourth-order valence-electron chi connectivity index (χ4n) is 3.66. The highest BCUT2D eigenvalue weighted by Gasteiger charge is 2.53. The fraction of sp³-hybridized carbons (Fsp3) is 0.727. The average molecular weight is 162 g/mol. The van der Waals surface area contributed by atoms with Gasteiger partial charge in [-0.15, -0.1) is 0 Å². The van der Waals surface area contributed by atoms with Crippen LogP contribution in [0.1, 0.15) is 38.5 Å². The molecule has 0 aliphatic heterocycles. The Morgan fingerprint density at radius 1 is 1.33 bits per heavy atom. The quantitative estimate of drug-likeness (QED) is 0.534. The molecule has 0 heterocycles. The van der Waals surface area contributed by atoms with Crippen molar-refractivity contribution in [1.82, 2.24) is 0 Å². The van der Waals surface area contributed by atoms with Gasteiger partial charge >= 0.3 is 0 Å². The van der Waals surface area contributed by atoms with E-state index in [1.165, 1.54) is 44.1 Å². The van der Waals surface area contributed by atoms with Gasteiger partial charge in [0.05, 0.1) is 0 Å². The smallest absolute Gasteiger partial charge is 0.159 e. The number of ketones is 1. The highest BCUT2D eigenvalue weighted by Crippen LogP contribution is 2.60. The molecule has 64 valence electrons. The van der Waals surface area contributed by atoms with Crippen molar-refractivity contribution < 1.29 is 4.79 Å². The zero-order chi connectivity index (χ0) is 8.18. The van der Waals surface area contributed by atoms with Gasteiger partial charge in [0, 0.05) is 11.3 Å². The molecule has 1 nitrogen and oxygen atoms in total. The zero-order valence-corrected chi connectivity index (χ0v) is 7.31. The van der Waals surface area contributed by atoms with Gasteiger partial charge in [-0.05, 0) is 38.2 Å². The minimum atomic E-state index is 0.400. The summed E-state index contributed by atoms with van der Waals surface area (Å²) in [4.78, 5) is 11.6. The lowest BCUT2D eigenvalue weighted by Crippen LogP contribution is -2.22. The van der Waals surface area contributed by atoms with E-state index in [0.29, 0.717) is 17.1 Å². The lowest BCUT2D eigenvalue weighted by atomic mass is 9.77. The lowest BCUT2D eigenvalue weighted by Gasteiger charge is -2.25. The second-order valence-electron chi connectivity index (χ2n) is 4.53. The van der Waals surface area contributed by atoms with Crippen LogP contribution in [0.15, 0.2) is 11.6 Å². The van der Waals surface area contributed by atoms with Crippen LogP contribution in [-0.4, -0.2) is 5.78 Å². The summed E-state index contributed by atoms with van der Waals surface area (Å²) in [7, 11) is 0. The molecule has 0 radical (unpaired) electrons. The van der Waals surface area contributed by atoms with Crippen molar-refractivity contribution in [1.29, 1.82) is 0 Å². The fourth-order valence-corrected chi connectivity index (χ4v) is 3.66. The maximum absolute atomic E-state index is 11.6. The summed E-state index contributed by atoms with van der Waals surface area (Å²) in [6.07, 6.45) is 9.56. The first-order valence-corrected chi connectivity index (χ1v) is 5.08. The minimum Gasteiger partial charge on any atom is -0.295 e. The second-order valence-corrected chi connectivity index (χ2v) is 4.53. The van der Waals surface area contributed by atoms with Crippen molar-refractivity contribution in [3.63, 3.8) is 0 Å². The van der Waals surface area contributed by atoms with Crippen molar-refractivity contribution in [3.8, 4) is 0 Å². The molecule has 3 rings (SSSR count). The first-order valence-electron chi connectivity index (χ1n) is 5.08. The average Bonchev–Trinajstić information content (AvgIpc) is 2.63. The third-order valence-electron chi connectivity index (χ3n) is 4.15. The maximum atomic E-state index is 11.6. The minimum absolute atomic E-state index is 0.400. The Hall–Kier alpha value is -0.590. The second kappa shape index (κ2) is 2.01. The largest absolute Gasteiger partial charge is 0.295 e. The molecule has 3 aliphatic rings. The van der Waals surface area contributed by atoms with Crippen LogP contribution >= 0.6 is 0 Å². The Morgan fingerprint density at radius 3 is 3.08 bits per heavy atom. The van der Waals surface area contributed by atoms with Gasteiger partial charge in [-0.2, -0.15) is 0 Å². The Balaban J connectivity index is 2.12. The van der Waals surface area contributed by atoms with Crippen LogP contribution in [0.5, 0.6) is 0 Å². The standard InChI is InChI=1S/C11H14O/c12-10-7-8-3-1-5-11(8)6-2-4-9(10)11/h7,9H,1-6H2. The first-order chi connectivity index (χ1) is 5.83. The van der Waals surface area contributed by atoms with Gasteiger partial charge in [0.25, 0.3) is 0 Å². The summed E-state index contributed by atoms with van der Waals surface area (Å²) < 4.78 is 0. The van der Waals surface area contributed by atoms with E-state index < -0.39 is 0 Å². The molecule has 0 aromatic carbocycles. The Morgan fingerprint density at radius 2 is 2.17 bits per heavy atom. The summed E-state index contributed by atoms with van der Waals surface area (Å²) in [6.45, 7) is 0. The van der Waals surface area contributed by atoms with Crippen molar-refractivity contribution >= 4 is 5.78 Å². The van der Waals surface area contributed by atoms with Crippen LogP contribution in [0.4, 0.5) is 0 Å². The van der Waals surface area contributed by atoms with E-state index in [1.54, 1.807) is 0 Å². The van der Waals surface area contributed by atoms with Crippen LogP contribution in [0.2, 0.25) is 0 Å². The molecule has 0 bridgehead atoms. The molecule has 0 amide bonds. The number of carbonyl (C=O) groups is 1. The molecular formula is C11H14O. The molecule has 2 unspecified atom stereocenters. The molecule has 3 aliphatic carbocycles. The van der Waals surface area contributed by atoms with Gasteiger partial charge in [-0.1, -0.05) is 12.0 Å². The SMILES string of the molecule is O=C1C=C2CCCC23CCCC13. The molecule has 1 heteroatoms. The van der Waals surface area contributed by atoms with Gasteiger partial charge in [0.15, 0.2) is 5.78 Å². The Labute approximate surface area is 72.8 Å². The van der Waals surface area contributed by atoms with Crippen LogP contribution in [0, 0.1) is 11.3 Å². The summed E-state index contributed by atoms with van der Waals surface area (Å²) >= 11 is 0. The maximum Gasteiger partial charge on any atom is 0.159 e. The highest BCUT2D eigenvalue weighted by molar-refractivity contribution is 5.97. The third kappa shape index (κ3) is 0.596.